The second kappa shape index (κ2) is 5.33. The minimum Gasteiger partial charge on any atom is -0.496 e. The normalized spacial score (nSPS) is 25.3. The van der Waals surface area contributed by atoms with Crippen LogP contribution in [0.3, 0.4) is 0 Å². The summed E-state index contributed by atoms with van der Waals surface area (Å²) in [7, 11) is 1.59. The van der Waals surface area contributed by atoms with Gasteiger partial charge in [0.05, 0.1) is 11.6 Å². The summed E-state index contributed by atoms with van der Waals surface area (Å²) >= 11 is 3.43. The molecule has 0 bridgehead atoms. The molecule has 0 aliphatic carbocycles. The molecule has 1 aromatic rings. The predicted molar refractivity (Wildman–Crippen MR) is 82.4 cm³/mol. The summed E-state index contributed by atoms with van der Waals surface area (Å²) in [5.74, 6) is 0.741. The highest BCUT2D eigenvalue weighted by molar-refractivity contribution is 9.10. The molecule has 2 fully saturated rings. The van der Waals surface area contributed by atoms with Crippen molar-refractivity contribution in [3.63, 3.8) is 0 Å². The fourth-order valence-corrected chi connectivity index (χ4v) is 3.67. The maximum Gasteiger partial charge on any atom is 0.250 e. The number of hydrogen-bond acceptors (Lipinski definition) is 3. The van der Waals surface area contributed by atoms with E-state index in [0.717, 1.165) is 23.0 Å². The molecule has 2 aliphatic rings. The van der Waals surface area contributed by atoms with E-state index in [1.807, 2.05) is 12.1 Å². The Kier molecular flexibility index (Phi) is 3.65. The molecule has 2 saturated heterocycles. The molecule has 0 N–H and O–H groups in total. The number of carbonyl (C=O) groups is 2. The topological polar surface area (TPSA) is 49.9 Å². The summed E-state index contributed by atoms with van der Waals surface area (Å²) in [4.78, 5) is 28.5. The third kappa shape index (κ3) is 2.21. The van der Waals surface area contributed by atoms with E-state index in [0.29, 0.717) is 12.3 Å². The van der Waals surface area contributed by atoms with Crippen molar-refractivity contribution in [2.24, 2.45) is 0 Å². The Balaban J connectivity index is 1.98. The minimum atomic E-state index is -0.466. The lowest BCUT2D eigenvalue weighted by Gasteiger charge is -2.41. The van der Waals surface area contributed by atoms with E-state index in [9.17, 15) is 9.59 Å². The Morgan fingerprint density at radius 1 is 1.29 bits per heavy atom. The second-order valence-corrected chi connectivity index (χ2v) is 6.25. The zero-order valence-electron chi connectivity index (χ0n) is 12.0. The number of carbonyl (C=O) groups excluding carboxylic acids is 2. The predicted octanol–water partition coefficient (Wildman–Crippen LogP) is 2.18. The molecule has 2 unspecified atom stereocenters. The van der Waals surface area contributed by atoms with Crippen molar-refractivity contribution < 1.29 is 14.3 Å². The minimum absolute atomic E-state index is 0.0108. The van der Waals surface area contributed by atoms with Gasteiger partial charge in [-0.15, -0.1) is 0 Å². The molecule has 1 aromatic carbocycles. The van der Waals surface area contributed by atoms with Crippen molar-refractivity contribution >= 4 is 33.4 Å². The molecule has 3 rings (SSSR count). The number of anilines is 1. The van der Waals surface area contributed by atoms with Crippen molar-refractivity contribution in [2.45, 2.75) is 31.8 Å². The number of hydrogen-bond donors (Lipinski definition) is 0. The summed E-state index contributed by atoms with van der Waals surface area (Å²) < 4.78 is 5.97. The van der Waals surface area contributed by atoms with Crippen molar-refractivity contribution in [1.29, 1.82) is 0 Å². The van der Waals surface area contributed by atoms with Crippen LogP contribution in [-0.2, 0) is 9.59 Å². The van der Waals surface area contributed by atoms with Gasteiger partial charge in [-0.25, -0.2) is 0 Å². The lowest BCUT2D eigenvalue weighted by Crippen LogP contribution is -2.62. The van der Waals surface area contributed by atoms with Crippen molar-refractivity contribution in [2.75, 3.05) is 18.6 Å². The molecule has 5 nitrogen and oxygen atoms in total. The van der Waals surface area contributed by atoms with Crippen LogP contribution in [0.2, 0.25) is 0 Å². The maximum absolute atomic E-state index is 12.7. The quantitative estimate of drug-likeness (QED) is 0.819. The molecule has 2 atom stereocenters. The lowest BCUT2D eigenvalue weighted by molar-refractivity contribution is -0.143. The third-order valence-corrected chi connectivity index (χ3v) is 4.84. The first kappa shape index (κ1) is 14.4. The van der Waals surface area contributed by atoms with Crippen LogP contribution in [0.25, 0.3) is 0 Å². The Bertz CT molecular complexity index is 605. The smallest absolute Gasteiger partial charge is 0.250 e. The van der Waals surface area contributed by atoms with E-state index >= 15 is 0 Å². The molecule has 0 radical (unpaired) electrons. The first-order chi connectivity index (χ1) is 10.0. The van der Waals surface area contributed by atoms with Crippen molar-refractivity contribution in [3.8, 4) is 5.75 Å². The first-order valence-corrected chi connectivity index (χ1v) is 7.81. The van der Waals surface area contributed by atoms with Gasteiger partial charge in [-0.1, -0.05) is 0 Å². The van der Waals surface area contributed by atoms with Crippen LogP contribution >= 0.6 is 15.9 Å². The molecule has 2 amide bonds. The number of fused-ring (bicyclic) bond motifs is 1. The standard InChI is InChI=1S/C15H17BrN2O3/c1-9-14(19)17-7-3-4-12(17)15(20)18(9)10-5-6-13(21-2)11(16)8-10/h5-6,8-9,12H,3-4,7H2,1-2H3. The average Bonchev–Trinajstić information content (AvgIpc) is 2.95. The number of nitrogens with zero attached hydrogens (tertiary/aromatic N) is 2. The summed E-state index contributed by atoms with van der Waals surface area (Å²) in [5, 5.41) is 0. The molecular weight excluding hydrogens is 336 g/mol. The summed E-state index contributed by atoms with van der Waals surface area (Å²) in [6.45, 7) is 2.48. The fraction of sp³-hybridized carbons (Fsp3) is 0.467. The van der Waals surface area contributed by atoms with Crippen LogP contribution in [0.5, 0.6) is 5.75 Å². The zero-order valence-corrected chi connectivity index (χ0v) is 13.6. The van der Waals surface area contributed by atoms with Crippen molar-refractivity contribution in [1.82, 2.24) is 4.90 Å². The zero-order chi connectivity index (χ0) is 15.1. The van der Waals surface area contributed by atoms with Gasteiger partial charge in [-0.2, -0.15) is 0 Å². The number of amides is 2. The van der Waals surface area contributed by atoms with Gasteiger partial charge < -0.3 is 9.64 Å². The number of halogens is 1. The van der Waals surface area contributed by atoms with E-state index in [-0.39, 0.29) is 17.9 Å². The maximum atomic E-state index is 12.7. The highest BCUT2D eigenvalue weighted by atomic mass is 79.9. The molecule has 6 heteroatoms. The Labute approximate surface area is 132 Å². The van der Waals surface area contributed by atoms with E-state index in [1.54, 1.807) is 29.9 Å². The molecule has 2 heterocycles. The van der Waals surface area contributed by atoms with Gasteiger partial charge in [0, 0.05) is 12.2 Å². The second-order valence-electron chi connectivity index (χ2n) is 5.39. The molecule has 2 aliphatic heterocycles. The molecule has 21 heavy (non-hydrogen) atoms. The van der Waals surface area contributed by atoms with E-state index < -0.39 is 6.04 Å². The van der Waals surface area contributed by atoms with Gasteiger partial charge in [0.1, 0.15) is 17.8 Å². The molecule has 112 valence electrons. The Morgan fingerprint density at radius 2 is 2.05 bits per heavy atom. The van der Waals surface area contributed by atoms with E-state index in [1.165, 1.54) is 0 Å². The highest BCUT2D eigenvalue weighted by Crippen LogP contribution is 2.34. The van der Waals surface area contributed by atoms with Crippen LogP contribution in [0.4, 0.5) is 5.69 Å². The Hall–Kier alpha value is -1.56. The van der Waals surface area contributed by atoms with Gasteiger partial charge in [-0.3, -0.25) is 14.5 Å². The van der Waals surface area contributed by atoms with Crippen LogP contribution in [-0.4, -0.2) is 42.5 Å². The van der Waals surface area contributed by atoms with Gasteiger partial charge in [0.25, 0.3) is 5.91 Å². The van der Waals surface area contributed by atoms with Gasteiger partial charge in [0.15, 0.2) is 0 Å². The van der Waals surface area contributed by atoms with Gasteiger partial charge in [0.2, 0.25) is 5.91 Å². The van der Waals surface area contributed by atoms with Crippen molar-refractivity contribution in [3.05, 3.63) is 22.7 Å². The third-order valence-electron chi connectivity index (χ3n) is 4.22. The summed E-state index contributed by atoms with van der Waals surface area (Å²) in [6.07, 6.45) is 1.65. The molecule has 0 saturated carbocycles. The number of rotatable bonds is 2. The summed E-state index contributed by atoms with van der Waals surface area (Å²) in [6, 6.07) is 4.67. The number of piperazine rings is 1. The monoisotopic (exact) mass is 352 g/mol. The fourth-order valence-electron chi connectivity index (χ4n) is 3.15. The van der Waals surface area contributed by atoms with E-state index in [2.05, 4.69) is 15.9 Å². The van der Waals surface area contributed by atoms with Crippen LogP contribution in [0, 0.1) is 0 Å². The van der Waals surface area contributed by atoms with Crippen LogP contribution in [0.15, 0.2) is 22.7 Å². The van der Waals surface area contributed by atoms with Gasteiger partial charge >= 0.3 is 0 Å². The summed E-state index contributed by atoms with van der Waals surface area (Å²) in [5.41, 5.74) is 0.722. The average molecular weight is 353 g/mol. The molecule has 0 aromatic heterocycles. The first-order valence-electron chi connectivity index (χ1n) is 7.01. The molecule has 0 spiro atoms. The SMILES string of the molecule is COc1ccc(N2C(=O)C3CCCN3C(=O)C2C)cc1Br. The number of benzene rings is 1. The highest BCUT2D eigenvalue weighted by Gasteiger charge is 2.46. The number of methoxy groups -OCH3 is 1. The number of ether oxygens (including phenoxy) is 1. The largest absolute Gasteiger partial charge is 0.496 e. The molecular formula is C15H17BrN2O3. The van der Waals surface area contributed by atoms with Gasteiger partial charge in [-0.05, 0) is 53.9 Å². The Morgan fingerprint density at radius 3 is 2.71 bits per heavy atom. The van der Waals surface area contributed by atoms with Crippen LogP contribution in [0.1, 0.15) is 19.8 Å². The lowest BCUT2D eigenvalue weighted by atomic mass is 10.1. The van der Waals surface area contributed by atoms with E-state index in [4.69, 9.17) is 4.74 Å². The van der Waals surface area contributed by atoms with Crippen LogP contribution < -0.4 is 9.64 Å².